The summed E-state index contributed by atoms with van der Waals surface area (Å²) >= 11 is 0. The van der Waals surface area contributed by atoms with Crippen molar-refractivity contribution in [3.63, 3.8) is 0 Å². The number of carbonyl (C=O) groups excluding carboxylic acids is 1. The Kier molecular flexibility index (Phi) is 7.93. The summed E-state index contributed by atoms with van der Waals surface area (Å²) in [5.74, 6) is 0.910. The number of sulfonamides is 1. The zero-order valence-corrected chi connectivity index (χ0v) is 18.7. The Labute approximate surface area is 177 Å². The third-order valence-corrected chi connectivity index (χ3v) is 5.72. The summed E-state index contributed by atoms with van der Waals surface area (Å²) in [6.07, 6.45) is 1.91. The summed E-state index contributed by atoms with van der Waals surface area (Å²) < 4.78 is 41.6. The van der Waals surface area contributed by atoms with E-state index in [1.807, 2.05) is 19.1 Å². The van der Waals surface area contributed by atoms with Crippen LogP contribution in [0.15, 0.2) is 36.4 Å². The summed E-state index contributed by atoms with van der Waals surface area (Å²) in [5.41, 5.74) is 2.19. The minimum Gasteiger partial charge on any atom is -0.493 e. The van der Waals surface area contributed by atoms with Gasteiger partial charge >= 0.3 is 0 Å². The van der Waals surface area contributed by atoms with Crippen LogP contribution < -0.4 is 23.8 Å². The normalized spacial score (nSPS) is 11.0. The number of hydrogen-bond donors (Lipinski definition) is 1. The first-order valence-corrected chi connectivity index (χ1v) is 11.2. The highest BCUT2D eigenvalue weighted by Gasteiger charge is 2.22. The zero-order valence-electron chi connectivity index (χ0n) is 17.9. The van der Waals surface area contributed by atoms with Crippen molar-refractivity contribution < 1.29 is 27.4 Å². The molecule has 0 radical (unpaired) electrons. The first-order chi connectivity index (χ1) is 14.2. The molecular formula is C21H28N2O6S. The van der Waals surface area contributed by atoms with Gasteiger partial charge in [0.2, 0.25) is 21.7 Å². The molecule has 2 rings (SSSR count). The number of aryl methyl sites for hydroxylation is 1. The molecule has 164 valence electrons. The molecule has 0 saturated heterocycles. The van der Waals surface area contributed by atoms with Gasteiger partial charge in [-0.15, -0.1) is 0 Å². The molecular weight excluding hydrogens is 408 g/mol. The fourth-order valence-electron chi connectivity index (χ4n) is 2.98. The molecule has 0 unspecified atom stereocenters. The smallest absolute Gasteiger partial charge is 0.241 e. The summed E-state index contributed by atoms with van der Waals surface area (Å²) in [4.78, 5) is 12.5. The Morgan fingerprint density at radius 1 is 0.967 bits per heavy atom. The molecule has 0 aliphatic heterocycles. The van der Waals surface area contributed by atoms with Gasteiger partial charge in [0, 0.05) is 12.1 Å². The van der Waals surface area contributed by atoms with Crippen molar-refractivity contribution >= 4 is 21.6 Å². The van der Waals surface area contributed by atoms with E-state index < -0.39 is 15.9 Å². The molecule has 8 nitrogen and oxygen atoms in total. The van der Waals surface area contributed by atoms with E-state index in [0.717, 1.165) is 22.5 Å². The summed E-state index contributed by atoms with van der Waals surface area (Å²) in [5, 5.41) is 2.74. The molecule has 1 amide bonds. The van der Waals surface area contributed by atoms with E-state index in [1.165, 1.54) is 21.3 Å². The predicted octanol–water partition coefficient (Wildman–Crippen LogP) is 2.36. The summed E-state index contributed by atoms with van der Waals surface area (Å²) in [6, 6.07) is 10.5. The fraction of sp³-hybridized carbons (Fsp3) is 0.381. The molecule has 2 aromatic rings. The van der Waals surface area contributed by atoms with Crippen LogP contribution in [0.2, 0.25) is 0 Å². The van der Waals surface area contributed by atoms with E-state index in [1.54, 1.807) is 24.3 Å². The molecule has 0 atom stereocenters. The highest BCUT2D eigenvalue weighted by Crippen LogP contribution is 2.39. The molecule has 1 N–H and O–H groups in total. The first-order valence-electron chi connectivity index (χ1n) is 9.36. The van der Waals surface area contributed by atoms with Gasteiger partial charge in [0.1, 0.15) is 6.54 Å². The van der Waals surface area contributed by atoms with Gasteiger partial charge in [-0.05, 0) is 36.2 Å². The second-order valence-corrected chi connectivity index (χ2v) is 8.47. The van der Waals surface area contributed by atoms with Gasteiger partial charge in [-0.3, -0.25) is 9.10 Å². The van der Waals surface area contributed by atoms with Crippen molar-refractivity contribution in [2.75, 3.05) is 38.4 Å². The average Bonchev–Trinajstić information content (AvgIpc) is 2.74. The number of benzene rings is 2. The number of methoxy groups -OCH3 is 3. The highest BCUT2D eigenvalue weighted by atomic mass is 32.2. The van der Waals surface area contributed by atoms with Gasteiger partial charge in [0.15, 0.2) is 11.5 Å². The molecule has 2 aromatic carbocycles. The lowest BCUT2D eigenvalue weighted by Gasteiger charge is -2.22. The third kappa shape index (κ3) is 5.56. The van der Waals surface area contributed by atoms with E-state index in [9.17, 15) is 13.2 Å². The Hall–Kier alpha value is -2.94. The maximum absolute atomic E-state index is 12.5. The lowest BCUT2D eigenvalue weighted by atomic mass is 10.1. The van der Waals surface area contributed by atoms with Gasteiger partial charge in [0.05, 0.1) is 33.3 Å². The van der Waals surface area contributed by atoms with E-state index in [4.69, 9.17) is 14.2 Å². The number of hydrogen-bond acceptors (Lipinski definition) is 6. The Balaban J connectivity index is 2.16. The van der Waals surface area contributed by atoms with Crippen LogP contribution in [0.25, 0.3) is 0 Å². The van der Waals surface area contributed by atoms with Gasteiger partial charge in [-0.25, -0.2) is 8.42 Å². The highest BCUT2D eigenvalue weighted by molar-refractivity contribution is 7.92. The maximum atomic E-state index is 12.5. The summed E-state index contributed by atoms with van der Waals surface area (Å²) in [6.45, 7) is 1.81. The van der Waals surface area contributed by atoms with Crippen LogP contribution in [-0.4, -0.2) is 48.5 Å². The van der Waals surface area contributed by atoms with Crippen LogP contribution >= 0.6 is 0 Å². The van der Waals surface area contributed by atoms with Crippen LogP contribution in [0.4, 0.5) is 5.69 Å². The second-order valence-electron chi connectivity index (χ2n) is 6.56. The van der Waals surface area contributed by atoms with Crippen molar-refractivity contribution in [2.24, 2.45) is 0 Å². The monoisotopic (exact) mass is 436 g/mol. The third-order valence-electron chi connectivity index (χ3n) is 4.58. The molecule has 0 aliphatic rings. The van der Waals surface area contributed by atoms with Crippen LogP contribution in [-0.2, 0) is 27.8 Å². The Morgan fingerprint density at radius 3 is 2.10 bits per heavy atom. The standard InChI is InChI=1S/C21H28N2O6S/c1-6-15-7-10-17(11-8-15)23(30(5,25)26)14-19(24)22-13-16-9-12-18(27-2)21(29-4)20(16)28-3/h7-12H,6,13-14H2,1-5H3,(H,22,24). The van der Waals surface area contributed by atoms with E-state index >= 15 is 0 Å². The lowest BCUT2D eigenvalue weighted by Crippen LogP contribution is -2.40. The maximum Gasteiger partial charge on any atom is 0.241 e. The van der Waals surface area contributed by atoms with E-state index in [-0.39, 0.29) is 13.1 Å². The zero-order chi connectivity index (χ0) is 22.3. The molecule has 30 heavy (non-hydrogen) atoms. The van der Waals surface area contributed by atoms with Crippen molar-refractivity contribution in [1.82, 2.24) is 5.32 Å². The van der Waals surface area contributed by atoms with Crippen molar-refractivity contribution in [3.8, 4) is 17.2 Å². The number of anilines is 1. The Bertz CT molecular complexity index is 974. The van der Waals surface area contributed by atoms with Crippen LogP contribution in [0.5, 0.6) is 17.2 Å². The van der Waals surface area contributed by atoms with Crippen molar-refractivity contribution in [3.05, 3.63) is 47.5 Å². The van der Waals surface area contributed by atoms with Gasteiger partial charge in [-0.1, -0.05) is 19.1 Å². The summed E-state index contributed by atoms with van der Waals surface area (Å²) in [7, 11) is 0.873. The topological polar surface area (TPSA) is 94.2 Å². The average molecular weight is 437 g/mol. The van der Waals surface area contributed by atoms with Gasteiger partial charge in [-0.2, -0.15) is 0 Å². The number of ether oxygens (including phenoxy) is 3. The minimum absolute atomic E-state index is 0.134. The largest absolute Gasteiger partial charge is 0.493 e. The van der Waals surface area contributed by atoms with E-state index in [2.05, 4.69) is 5.32 Å². The predicted molar refractivity (Wildman–Crippen MR) is 116 cm³/mol. The number of carbonyl (C=O) groups is 1. The molecule has 0 spiro atoms. The van der Waals surface area contributed by atoms with Crippen molar-refractivity contribution in [2.45, 2.75) is 19.9 Å². The van der Waals surface area contributed by atoms with Crippen LogP contribution in [0.1, 0.15) is 18.1 Å². The number of amides is 1. The first kappa shape index (κ1) is 23.3. The lowest BCUT2D eigenvalue weighted by molar-refractivity contribution is -0.119. The molecule has 0 saturated carbocycles. The van der Waals surface area contributed by atoms with Gasteiger partial charge in [0.25, 0.3) is 0 Å². The molecule has 0 bridgehead atoms. The number of nitrogens with zero attached hydrogens (tertiary/aromatic N) is 1. The molecule has 0 aliphatic carbocycles. The molecule has 0 heterocycles. The Morgan fingerprint density at radius 2 is 1.60 bits per heavy atom. The van der Waals surface area contributed by atoms with Gasteiger partial charge < -0.3 is 19.5 Å². The molecule has 9 heteroatoms. The van der Waals surface area contributed by atoms with Crippen molar-refractivity contribution in [1.29, 1.82) is 0 Å². The second kappa shape index (κ2) is 10.2. The quantitative estimate of drug-likeness (QED) is 0.615. The fourth-order valence-corrected chi connectivity index (χ4v) is 3.84. The van der Waals surface area contributed by atoms with Crippen LogP contribution in [0.3, 0.4) is 0 Å². The van der Waals surface area contributed by atoms with E-state index in [0.29, 0.717) is 28.5 Å². The minimum atomic E-state index is -3.64. The molecule has 0 fully saturated rings. The SMILES string of the molecule is CCc1ccc(N(CC(=O)NCc2ccc(OC)c(OC)c2OC)S(C)(=O)=O)cc1. The van der Waals surface area contributed by atoms with Crippen LogP contribution in [0, 0.1) is 0 Å². The number of nitrogens with one attached hydrogen (secondary N) is 1. The number of rotatable bonds is 10. The molecule has 0 aromatic heterocycles.